The van der Waals surface area contributed by atoms with E-state index in [2.05, 4.69) is 144 Å². The summed E-state index contributed by atoms with van der Waals surface area (Å²) in [6.45, 7) is 0. The number of benzene rings is 9. The van der Waals surface area contributed by atoms with Gasteiger partial charge in [0.05, 0.1) is 0 Å². The lowest BCUT2D eigenvalue weighted by molar-refractivity contribution is 0.672. The molecule has 11 aromatic rings. The van der Waals surface area contributed by atoms with E-state index < -0.39 is 0 Å². The Morgan fingerprint density at radius 2 is 0.750 bits per heavy atom. The van der Waals surface area contributed by atoms with E-state index in [1.807, 2.05) is 78.9 Å². The van der Waals surface area contributed by atoms with Crippen LogP contribution in [0.2, 0.25) is 0 Å². The Morgan fingerprint density at radius 1 is 0.300 bits per heavy atom. The molecular weight excluding hydrogens is 733 g/mol. The van der Waals surface area contributed by atoms with Gasteiger partial charge in [-0.1, -0.05) is 158 Å². The van der Waals surface area contributed by atoms with E-state index in [9.17, 15) is 0 Å². The van der Waals surface area contributed by atoms with Crippen molar-refractivity contribution in [3.63, 3.8) is 0 Å². The highest BCUT2D eigenvalue weighted by atomic mass is 16.3. The first-order chi connectivity index (χ1) is 29.7. The summed E-state index contributed by atoms with van der Waals surface area (Å²) in [5.41, 5.74) is 12.2. The topological polar surface area (TPSA) is 55.1 Å². The Morgan fingerprint density at radius 3 is 1.35 bits per heavy atom. The van der Waals surface area contributed by atoms with Crippen molar-refractivity contribution in [3.05, 3.63) is 218 Å². The van der Waals surface area contributed by atoms with Gasteiger partial charge in [-0.25, -0.2) is 15.0 Å². The third kappa shape index (κ3) is 6.45. The van der Waals surface area contributed by atoms with Crippen LogP contribution in [-0.2, 0) is 0 Å². The molecule has 0 N–H and O–H groups in total. The van der Waals surface area contributed by atoms with Gasteiger partial charge in [0.25, 0.3) is 0 Å². The summed E-state index contributed by atoms with van der Waals surface area (Å²) < 4.78 is 6.59. The van der Waals surface area contributed by atoms with Gasteiger partial charge in [-0.3, -0.25) is 0 Å². The van der Waals surface area contributed by atoms with Crippen molar-refractivity contribution in [3.8, 4) is 56.4 Å². The Bertz CT molecular complexity index is 3220. The minimum atomic E-state index is 0.601. The molecule has 11 rings (SSSR count). The number of hydrogen-bond acceptors (Lipinski definition) is 5. The molecule has 0 radical (unpaired) electrons. The lowest BCUT2D eigenvalue weighted by Crippen LogP contribution is -2.09. The number of fused-ring (bicyclic) bond motifs is 5. The quantitative estimate of drug-likeness (QED) is 0.154. The van der Waals surface area contributed by atoms with Gasteiger partial charge in [-0.2, -0.15) is 0 Å². The summed E-state index contributed by atoms with van der Waals surface area (Å²) in [7, 11) is 0. The molecule has 60 heavy (non-hydrogen) atoms. The van der Waals surface area contributed by atoms with Crippen molar-refractivity contribution in [2.75, 3.05) is 4.90 Å². The van der Waals surface area contributed by atoms with Crippen molar-refractivity contribution in [2.45, 2.75) is 0 Å². The van der Waals surface area contributed by atoms with E-state index in [1.54, 1.807) is 0 Å². The van der Waals surface area contributed by atoms with Crippen LogP contribution < -0.4 is 4.90 Å². The van der Waals surface area contributed by atoms with E-state index in [0.717, 1.165) is 77.6 Å². The third-order valence-corrected chi connectivity index (χ3v) is 11.1. The molecular formula is C55H36N4O. The molecule has 5 nitrogen and oxygen atoms in total. The predicted octanol–water partition coefficient (Wildman–Crippen LogP) is 14.7. The van der Waals surface area contributed by atoms with Gasteiger partial charge in [0.2, 0.25) is 0 Å². The highest BCUT2D eigenvalue weighted by molar-refractivity contribution is 6.19. The zero-order valence-electron chi connectivity index (χ0n) is 32.5. The zero-order valence-corrected chi connectivity index (χ0v) is 32.5. The second-order valence-electron chi connectivity index (χ2n) is 14.8. The lowest BCUT2D eigenvalue weighted by Gasteiger charge is -2.26. The van der Waals surface area contributed by atoms with E-state index in [-0.39, 0.29) is 0 Å². The molecule has 0 aliphatic heterocycles. The second kappa shape index (κ2) is 15.0. The summed E-state index contributed by atoms with van der Waals surface area (Å²) in [4.78, 5) is 17.6. The van der Waals surface area contributed by atoms with Crippen LogP contribution in [0, 0.1) is 0 Å². The van der Waals surface area contributed by atoms with Crippen molar-refractivity contribution in [1.29, 1.82) is 0 Å². The van der Waals surface area contributed by atoms with Gasteiger partial charge in [-0.15, -0.1) is 0 Å². The van der Waals surface area contributed by atoms with Crippen molar-refractivity contribution >= 4 is 49.8 Å². The SMILES string of the molecule is c1ccc(-c2ccc(N(c3ccccc3)c3ccc(-c4ccc5c(c4)c(-c4nc(-c6ccccc6)nc(-c6ccccc6)n4)cc4c6ccccc6oc54)cc3)cc2)cc1. The smallest absolute Gasteiger partial charge is 0.164 e. The zero-order chi connectivity index (χ0) is 39.8. The van der Waals surface area contributed by atoms with Crippen molar-refractivity contribution in [2.24, 2.45) is 0 Å². The maximum Gasteiger partial charge on any atom is 0.164 e. The number of anilines is 3. The number of para-hydroxylation sites is 2. The Labute approximate surface area is 347 Å². The molecule has 0 atom stereocenters. The molecule has 0 bridgehead atoms. The van der Waals surface area contributed by atoms with Gasteiger partial charge in [0, 0.05) is 49.9 Å². The highest BCUT2D eigenvalue weighted by Gasteiger charge is 2.20. The van der Waals surface area contributed by atoms with Crippen LogP contribution in [0.15, 0.2) is 223 Å². The van der Waals surface area contributed by atoms with E-state index in [4.69, 9.17) is 19.4 Å². The highest BCUT2D eigenvalue weighted by Crippen LogP contribution is 2.42. The number of rotatable bonds is 8. The molecule has 0 aliphatic rings. The summed E-state index contributed by atoms with van der Waals surface area (Å²) in [5.74, 6) is 1.84. The van der Waals surface area contributed by atoms with Crippen LogP contribution in [0.25, 0.3) is 89.1 Å². The number of nitrogens with zero attached hydrogens (tertiary/aromatic N) is 4. The summed E-state index contributed by atoms with van der Waals surface area (Å²) >= 11 is 0. The normalized spacial score (nSPS) is 11.3. The van der Waals surface area contributed by atoms with E-state index in [0.29, 0.717) is 17.5 Å². The molecule has 0 saturated carbocycles. The number of aromatic nitrogens is 3. The third-order valence-electron chi connectivity index (χ3n) is 11.1. The fourth-order valence-corrected chi connectivity index (χ4v) is 8.15. The number of furan rings is 1. The number of hydrogen-bond donors (Lipinski definition) is 0. The van der Waals surface area contributed by atoms with Gasteiger partial charge in [-0.05, 0) is 88.3 Å². The van der Waals surface area contributed by atoms with Gasteiger partial charge < -0.3 is 9.32 Å². The molecule has 5 heteroatoms. The van der Waals surface area contributed by atoms with Gasteiger partial charge in [0.1, 0.15) is 11.2 Å². The lowest BCUT2D eigenvalue weighted by atomic mass is 9.95. The van der Waals surface area contributed by atoms with Crippen molar-refractivity contribution in [1.82, 2.24) is 15.0 Å². The molecule has 0 amide bonds. The first kappa shape index (κ1) is 35.0. The first-order valence-electron chi connectivity index (χ1n) is 20.1. The minimum Gasteiger partial charge on any atom is -0.455 e. The largest absolute Gasteiger partial charge is 0.455 e. The Hall–Kier alpha value is -8.15. The first-order valence-corrected chi connectivity index (χ1v) is 20.1. The molecule has 282 valence electrons. The standard InChI is InChI=1S/C55H36N4O/c1-5-15-37(16-6-1)38-25-30-44(31-26-38)59(43-21-11-4-12-22-43)45-32-27-39(28-33-45)42-29-34-47-48(35-42)50(36-49-46-23-13-14-24-51(46)60-52(47)49)55-57-53(40-17-7-2-8-18-40)56-54(58-55)41-19-9-3-10-20-41/h1-36H. The maximum absolute atomic E-state index is 6.59. The van der Waals surface area contributed by atoms with Crippen LogP contribution in [0.4, 0.5) is 17.1 Å². The molecule has 0 aliphatic carbocycles. The molecule has 0 unspecified atom stereocenters. The maximum atomic E-state index is 6.59. The molecule has 2 heterocycles. The Balaban J connectivity index is 1.05. The predicted molar refractivity (Wildman–Crippen MR) is 246 cm³/mol. The minimum absolute atomic E-state index is 0.601. The van der Waals surface area contributed by atoms with Gasteiger partial charge >= 0.3 is 0 Å². The second-order valence-corrected chi connectivity index (χ2v) is 14.8. The van der Waals surface area contributed by atoms with E-state index >= 15 is 0 Å². The molecule has 0 spiro atoms. The monoisotopic (exact) mass is 768 g/mol. The van der Waals surface area contributed by atoms with E-state index in [1.165, 1.54) is 11.1 Å². The van der Waals surface area contributed by atoms with Crippen molar-refractivity contribution < 1.29 is 4.42 Å². The molecule has 9 aromatic carbocycles. The fraction of sp³-hybridized carbons (Fsp3) is 0. The van der Waals surface area contributed by atoms with Crippen LogP contribution in [0.3, 0.4) is 0 Å². The molecule has 2 aromatic heterocycles. The van der Waals surface area contributed by atoms with Crippen LogP contribution >= 0.6 is 0 Å². The average molecular weight is 769 g/mol. The fourth-order valence-electron chi connectivity index (χ4n) is 8.15. The van der Waals surface area contributed by atoms with Gasteiger partial charge in [0.15, 0.2) is 17.5 Å². The summed E-state index contributed by atoms with van der Waals surface area (Å²) in [5, 5.41) is 4.06. The van der Waals surface area contributed by atoms with Crippen LogP contribution in [0.1, 0.15) is 0 Å². The average Bonchev–Trinajstić information content (AvgIpc) is 3.71. The van der Waals surface area contributed by atoms with Crippen LogP contribution in [-0.4, -0.2) is 15.0 Å². The molecule has 0 fully saturated rings. The summed E-state index contributed by atoms with van der Waals surface area (Å²) in [6.07, 6.45) is 0. The van der Waals surface area contributed by atoms with Crippen LogP contribution in [0.5, 0.6) is 0 Å². The Kier molecular flexibility index (Phi) is 8.75. The summed E-state index contributed by atoms with van der Waals surface area (Å²) in [6, 6.07) is 75.8. The molecule has 0 saturated heterocycles.